The Morgan fingerprint density at radius 3 is 2.76 bits per heavy atom. The molecule has 0 saturated heterocycles. The second-order valence-electron chi connectivity index (χ2n) is 4.19. The van der Waals surface area contributed by atoms with Crippen molar-refractivity contribution in [3.05, 3.63) is 44.3 Å². The van der Waals surface area contributed by atoms with Gasteiger partial charge in [0, 0.05) is 15.5 Å². The highest BCUT2D eigenvalue weighted by Crippen LogP contribution is 2.23. The Balaban J connectivity index is 1.94. The first-order valence-corrected chi connectivity index (χ1v) is 7.61. The molecule has 0 aliphatic rings. The summed E-state index contributed by atoms with van der Waals surface area (Å²) in [6, 6.07) is 4.00. The molecule has 110 valence electrons. The quantitative estimate of drug-likeness (QED) is 0.771. The number of hydrogen-bond acceptors (Lipinski definition) is 4. The number of aryl methyl sites for hydroxylation is 1. The fourth-order valence-corrected chi connectivity index (χ4v) is 2.75. The van der Waals surface area contributed by atoms with Gasteiger partial charge in [-0.05, 0) is 41.1 Å². The van der Waals surface area contributed by atoms with Gasteiger partial charge in [0.15, 0.2) is 0 Å². The molecule has 0 atom stereocenters. The molecule has 0 aliphatic carbocycles. The average molecular weight is 370 g/mol. The molecule has 2 rings (SSSR count). The van der Waals surface area contributed by atoms with Crippen LogP contribution in [-0.4, -0.2) is 22.1 Å². The van der Waals surface area contributed by atoms with Crippen molar-refractivity contribution in [1.82, 2.24) is 10.3 Å². The van der Waals surface area contributed by atoms with Gasteiger partial charge in [-0.25, -0.2) is 14.6 Å². The molecule has 2 amide bonds. The predicted molar refractivity (Wildman–Crippen MR) is 83.8 cm³/mol. The number of nitrogens with zero attached hydrogens (tertiary/aromatic N) is 1. The van der Waals surface area contributed by atoms with E-state index >= 15 is 0 Å². The van der Waals surface area contributed by atoms with Crippen LogP contribution in [0.5, 0.6) is 0 Å². The van der Waals surface area contributed by atoms with Crippen molar-refractivity contribution in [1.29, 1.82) is 0 Å². The maximum atomic E-state index is 11.8. The lowest BCUT2D eigenvalue weighted by Gasteiger charge is -2.08. The molecular weight excluding hydrogens is 358 g/mol. The highest BCUT2D eigenvalue weighted by Gasteiger charge is 2.09. The number of carboxylic acids is 1. The zero-order valence-electron chi connectivity index (χ0n) is 11.0. The summed E-state index contributed by atoms with van der Waals surface area (Å²) in [5.41, 5.74) is 1.56. The Hall–Kier alpha value is -1.93. The molecular formula is C13H12BrN3O3S. The van der Waals surface area contributed by atoms with Crippen LogP contribution in [0, 0.1) is 6.92 Å². The van der Waals surface area contributed by atoms with Gasteiger partial charge in [-0.2, -0.15) is 0 Å². The third-order valence-electron chi connectivity index (χ3n) is 2.53. The van der Waals surface area contributed by atoms with E-state index in [9.17, 15) is 9.59 Å². The van der Waals surface area contributed by atoms with Crippen molar-refractivity contribution in [3.63, 3.8) is 0 Å². The summed E-state index contributed by atoms with van der Waals surface area (Å²) in [4.78, 5) is 26.8. The third-order valence-corrected chi connectivity index (χ3v) is 4.15. The summed E-state index contributed by atoms with van der Waals surface area (Å²) in [6.07, 6.45) is 0. The van der Waals surface area contributed by atoms with E-state index in [4.69, 9.17) is 5.11 Å². The number of urea groups is 1. The zero-order valence-corrected chi connectivity index (χ0v) is 13.4. The number of aromatic nitrogens is 1. The molecule has 1 heterocycles. The SMILES string of the molecule is Cc1csc(CNC(=O)Nc2ccc(C(=O)O)cc2Br)n1. The Bertz CT molecular complexity index is 687. The number of amides is 2. The second-order valence-corrected chi connectivity index (χ2v) is 5.99. The van der Waals surface area contributed by atoms with Crippen LogP contribution < -0.4 is 10.6 Å². The maximum Gasteiger partial charge on any atom is 0.335 e. The molecule has 0 spiro atoms. The van der Waals surface area contributed by atoms with Crippen LogP contribution in [0.25, 0.3) is 0 Å². The van der Waals surface area contributed by atoms with E-state index in [0.717, 1.165) is 10.7 Å². The van der Waals surface area contributed by atoms with Crippen molar-refractivity contribution in [3.8, 4) is 0 Å². The van der Waals surface area contributed by atoms with Crippen molar-refractivity contribution < 1.29 is 14.7 Å². The number of carbonyl (C=O) groups excluding carboxylic acids is 1. The summed E-state index contributed by atoms with van der Waals surface area (Å²) >= 11 is 4.71. The summed E-state index contributed by atoms with van der Waals surface area (Å²) in [5, 5.41) is 16.9. The third kappa shape index (κ3) is 4.27. The molecule has 0 aliphatic heterocycles. The van der Waals surface area contributed by atoms with Gasteiger partial charge >= 0.3 is 12.0 Å². The molecule has 3 N–H and O–H groups in total. The maximum absolute atomic E-state index is 11.8. The van der Waals surface area contributed by atoms with E-state index in [2.05, 4.69) is 31.5 Å². The number of nitrogens with one attached hydrogen (secondary N) is 2. The van der Waals surface area contributed by atoms with Gasteiger partial charge in [-0.1, -0.05) is 0 Å². The number of thiazole rings is 1. The number of halogens is 1. The topological polar surface area (TPSA) is 91.3 Å². The number of aromatic carboxylic acids is 1. The molecule has 0 bridgehead atoms. The zero-order chi connectivity index (χ0) is 15.4. The first-order chi connectivity index (χ1) is 9.95. The Kier molecular flexibility index (Phi) is 4.92. The van der Waals surface area contributed by atoms with Crippen LogP contribution in [0.2, 0.25) is 0 Å². The fourth-order valence-electron chi connectivity index (χ4n) is 1.56. The molecule has 1 aromatic carbocycles. The van der Waals surface area contributed by atoms with Crippen LogP contribution in [0.4, 0.5) is 10.5 Å². The van der Waals surface area contributed by atoms with Crippen LogP contribution >= 0.6 is 27.3 Å². The summed E-state index contributed by atoms with van der Waals surface area (Å²) in [5.74, 6) is -1.02. The largest absolute Gasteiger partial charge is 0.478 e. The van der Waals surface area contributed by atoms with Gasteiger partial charge in [0.1, 0.15) is 5.01 Å². The molecule has 2 aromatic rings. The fraction of sp³-hybridized carbons (Fsp3) is 0.154. The Labute approximate surface area is 133 Å². The molecule has 0 fully saturated rings. The van der Waals surface area contributed by atoms with Gasteiger partial charge < -0.3 is 15.7 Å². The molecule has 1 aromatic heterocycles. The standard InChI is InChI=1S/C13H12BrN3O3S/c1-7-6-21-11(16-7)5-15-13(20)17-10-3-2-8(12(18)19)4-9(10)14/h2-4,6H,5H2,1H3,(H,18,19)(H2,15,17,20). The first kappa shape index (κ1) is 15.5. The van der Waals surface area contributed by atoms with Gasteiger partial charge in [-0.3, -0.25) is 0 Å². The second kappa shape index (κ2) is 6.68. The summed E-state index contributed by atoms with van der Waals surface area (Å²) in [6.45, 7) is 2.23. The van der Waals surface area contributed by atoms with Crippen molar-refractivity contribution in [2.24, 2.45) is 0 Å². The molecule has 0 radical (unpaired) electrons. The van der Waals surface area contributed by atoms with Gasteiger partial charge in [0.25, 0.3) is 0 Å². The number of anilines is 1. The average Bonchev–Trinajstić information content (AvgIpc) is 2.84. The lowest BCUT2D eigenvalue weighted by atomic mass is 10.2. The summed E-state index contributed by atoms with van der Waals surface area (Å²) in [7, 11) is 0. The van der Waals surface area contributed by atoms with Crippen LogP contribution in [0.3, 0.4) is 0 Å². The van der Waals surface area contributed by atoms with Crippen LogP contribution in [-0.2, 0) is 6.54 Å². The number of rotatable bonds is 4. The monoisotopic (exact) mass is 369 g/mol. The number of benzene rings is 1. The van der Waals surface area contributed by atoms with Crippen molar-refractivity contribution >= 4 is 45.0 Å². The lowest BCUT2D eigenvalue weighted by molar-refractivity contribution is 0.0697. The van der Waals surface area contributed by atoms with E-state index < -0.39 is 5.97 Å². The van der Waals surface area contributed by atoms with Crippen LogP contribution in [0.1, 0.15) is 21.1 Å². The van der Waals surface area contributed by atoms with E-state index in [0.29, 0.717) is 16.7 Å². The normalized spacial score (nSPS) is 10.2. The lowest BCUT2D eigenvalue weighted by Crippen LogP contribution is -2.28. The highest BCUT2D eigenvalue weighted by atomic mass is 79.9. The van der Waals surface area contributed by atoms with Gasteiger partial charge in [0.05, 0.1) is 17.8 Å². The van der Waals surface area contributed by atoms with Crippen LogP contribution in [0.15, 0.2) is 28.1 Å². The molecule has 6 nitrogen and oxygen atoms in total. The molecule has 21 heavy (non-hydrogen) atoms. The van der Waals surface area contributed by atoms with E-state index in [1.54, 1.807) is 0 Å². The first-order valence-electron chi connectivity index (χ1n) is 5.94. The van der Waals surface area contributed by atoms with Gasteiger partial charge in [-0.15, -0.1) is 11.3 Å². The number of carboxylic acid groups (broad SMARTS) is 1. The minimum Gasteiger partial charge on any atom is -0.478 e. The molecule has 8 heteroatoms. The minimum atomic E-state index is -1.02. The van der Waals surface area contributed by atoms with E-state index in [-0.39, 0.29) is 11.6 Å². The molecule has 0 unspecified atom stereocenters. The smallest absolute Gasteiger partial charge is 0.335 e. The Morgan fingerprint density at radius 1 is 1.43 bits per heavy atom. The highest BCUT2D eigenvalue weighted by molar-refractivity contribution is 9.10. The minimum absolute atomic E-state index is 0.145. The summed E-state index contributed by atoms with van der Waals surface area (Å²) < 4.78 is 0.502. The predicted octanol–water partition coefficient (Wildman–Crippen LogP) is 3.23. The van der Waals surface area contributed by atoms with Crippen molar-refractivity contribution in [2.75, 3.05) is 5.32 Å². The number of carbonyl (C=O) groups is 2. The van der Waals surface area contributed by atoms with E-state index in [1.165, 1.54) is 29.5 Å². The molecule has 0 saturated carbocycles. The Morgan fingerprint density at radius 2 is 2.19 bits per heavy atom. The van der Waals surface area contributed by atoms with Gasteiger partial charge in [0.2, 0.25) is 0 Å². The number of hydrogen-bond donors (Lipinski definition) is 3. The van der Waals surface area contributed by atoms with Crippen molar-refractivity contribution in [2.45, 2.75) is 13.5 Å². The van der Waals surface area contributed by atoms with E-state index in [1.807, 2.05) is 12.3 Å².